The first-order chi connectivity index (χ1) is 15.2. The molecule has 1 aromatic carbocycles. The van der Waals surface area contributed by atoms with E-state index in [1.807, 2.05) is 26.0 Å². The fourth-order valence-corrected chi connectivity index (χ4v) is 3.86. The number of nitrogens with two attached hydrogens (primary N) is 1. The number of anilines is 2. The third-order valence-electron chi connectivity index (χ3n) is 5.74. The predicted molar refractivity (Wildman–Crippen MR) is 132 cm³/mol. The van der Waals surface area contributed by atoms with E-state index in [0.717, 1.165) is 11.8 Å². The molecular weight excluding hydrogens is 399 g/mol. The van der Waals surface area contributed by atoms with Crippen molar-refractivity contribution in [1.82, 2.24) is 9.97 Å². The Morgan fingerprint density at radius 2 is 2.12 bits per heavy atom. The number of benzene rings is 1. The SMILES string of the molecule is [B]C[C@@](N=C(C)N)(c1cc(Nc2nccc3cc(C#C)cnc23)cc(F)c1[B])[C@@H](C)CC. The van der Waals surface area contributed by atoms with Gasteiger partial charge in [-0.15, -0.1) is 6.42 Å². The number of nitrogens with zero attached hydrogens (tertiary/aromatic N) is 3. The van der Waals surface area contributed by atoms with Crippen molar-refractivity contribution < 1.29 is 4.39 Å². The van der Waals surface area contributed by atoms with E-state index >= 15 is 0 Å². The number of pyridine rings is 2. The summed E-state index contributed by atoms with van der Waals surface area (Å²) in [7, 11) is 12.4. The number of halogens is 1. The maximum atomic E-state index is 15.0. The molecule has 0 amide bonds. The normalized spacial score (nSPS) is 14.5. The van der Waals surface area contributed by atoms with Gasteiger partial charge in [-0.05, 0) is 42.7 Å². The van der Waals surface area contributed by atoms with Gasteiger partial charge in [0, 0.05) is 29.0 Å². The molecule has 2 atom stereocenters. The Bertz CT molecular complexity index is 1220. The predicted octanol–water partition coefficient (Wildman–Crippen LogP) is 3.49. The lowest BCUT2D eigenvalue weighted by molar-refractivity contribution is 0.320. The molecule has 0 saturated carbocycles. The van der Waals surface area contributed by atoms with Gasteiger partial charge in [-0.3, -0.25) is 9.98 Å². The molecule has 0 saturated heterocycles. The van der Waals surface area contributed by atoms with Crippen LogP contribution in [-0.4, -0.2) is 31.5 Å². The van der Waals surface area contributed by atoms with Crippen LogP contribution in [0.4, 0.5) is 15.9 Å². The van der Waals surface area contributed by atoms with Gasteiger partial charge in [-0.2, -0.15) is 0 Å². The van der Waals surface area contributed by atoms with Crippen LogP contribution < -0.4 is 16.5 Å². The van der Waals surface area contributed by atoms with Crippen molar-refractivity contribution in [2.24, 2.45) is 16.6 Å². The lowest BCUT2D eigenvalue weighted by atomic mass is 9.66. The van der Waals surface area contributed by atoms with Crippen LogP contribution in [0.5, 0.6) is 0 Å². The van der Waals surface area contributed by atoms with Crippen LogP contribution in [0.15, 0.2) is 41.7 Å². The summed E-state index contributed by atoms with van der Waals surface area (Å²) in [6.07, 6.45) is 9.56. The highest BCUT2D eigenvalue weighted by Crippen LogP contribution is 2.40. The van der Waals surface area contributed by atoms with Gasteiger partial charge >= 0.3 is 0 Å². The molecule has 3 rings (SSSR count). The molecule has 3 N–H and O–H groups in total. The number of fused-ring (bicyclic) bond motifs is 1. The monoisotopic (exact) mass is 423 g/mol. The zero-order valence-electron chi connectivity index (χ0n) is 18.5. The summed E-state index contributed by atoms with van der Waals surface area (Å²) in [4.78, 5) is 13.4. The zero-order valence-corrected chi connectivity index (χ0v) is 18.5. The van der Waals surface area contributed by atoms with Gasteiger partial charge in [0.1, 0.15) is 19.2 Å². The van der Waals surface area contributed by atoms with Crippen LogP contribution in [0.3, 0.4) is 0 Å². The fourth-order valence-electron chi connectivity index (χ4n) is 3.86. The van der Waals surface area contributed by atoms with E-state index in [0.29, 0.717) is 34.0 Å². The van der Waals surface area contributed by atoms with Crippen molar-refractivity contribution in [3.05, 3.63) is 53.6 Å². The van der Waals surface area contributed by atoms with Crippen molar-refractivity contribution in [2.45, 2.75) is 39.1 Å². The van der Waals surface area contributed by atoms with Crippen LogP contribution in [0.2, 0.25) is 6.32 Å². The molecule has 0 fully saturated rings. The highest BCUT2D eigenvalue weighted by Gasteiger charge is 2.37. The van der Waals surface area contributed by atoms with Gasteiger partial charge in [0.15, 0.2) is 5.82 Å². The summed E-state index contributed by atoms with van der Waals surface area (Å²) < 4.78 is 15.0. The van der Waals surface area contributed by atoms with Crippen molar-refractivity contribution in [3.63, 3.8) is 0 Å². The Labute approximate surface area is 191 Å². The smallest absolute Gasteiger partial charge is 0.156 e. The van der Waals surface area contributed by atoms with Gasteiger partial charge in [0.25, 0.3) is 0 Å². The van der Waals surface area contributed by atoms with Gasteiger partial charge in [-0.1, -0.05) is 38.0 Å². The van der Waals surface area contributed by atoms with E-state index in [-0.39, 0.29) is 17.7 Å². The van der Waals surface area contributed by atoms with E-state index in [1.54, 1.807) is 25.4 Å². The Hall–Kier alpha value is -3.33. The van der Waals surface area contributed by atoms with Gasteiger partial charge in [0.2, 0.25) is 0 Å². The summed E-state index contributed by atoms with van der Waals surface area (Å²) in [6.45, 7) is 5.69. The molecule has 2 heterocycles. The Morgan fingerprint density at radius 1 is 1.38 bits per heavy atom. The van der Waals surface area contributed by atoms with Crippen LogP contribution in [0.25, 0.3) is 10.9 Å². The van der Waals surface area contributed by atoms with Crippen LogP contribution in [0.1, 0.15) is 38.3 Å². The second-order valence-electron chi connectivity index (χ2n) is 7.83. The van der Waals surface area contributed by atoms with Crippen molar-refractivity contribution in [2.75, 3.05) is 5.32 Å². The first-order valence-corrected chi connectivity index (χ1v) is 10.4. The quantitative estimate of drug-likeness (QED) is 0.264. The zero-order chi connectivity index (χ0) is 23.5. The highest BCUT2D eigenvalue weighted by atomic mass is 19.1. The average Bonchev–Trinajstić information content (AvgIpc) is 2.78. The highest BCUT2D eigenvalue weighted by molar-refractivity contribution is 6.34. The number of hydrogen-bond donors (Lipinski definition) is 2. The average molecular weight is 423 g/mol. The molecule has 32 heavy (non-hydrogen) atoms. The molecule has 0 bridgehead atoms. The molecular formula is C24H24B2FN5. The molecule has 2 aromatic heterocycles. The number of amidine groups is 1. The van der Waals surface area contributed by atoms with E-state index in [4.69, 9.17) is 27.8 Å². The molecule has 5 nitrogen and oxygen atoms in total. The van der Waals surface area contributed by atoms with Gasteiger partial charge < -0.3 is 11.1 Å². The molecule has 0 aliphatic rings. The maximum Gasteiger partial charge on any atom is 0.156 e. The van der Waals surface area contributed by atoms with Crippen LogP contribution >= 0.6 is 0 Å². The molecule has 3 aromatic rings. The molecule has 0 aliphatic carbocycles. The lowest BCUT2D eigenvalue weighted by Gasteiger charge is -2.37. The molecule has 158 valence electrons. The summed E-state index contributed by atoms with van der Waals surface area (Å²) in [6, 6.07) is 6.71. The number of rotatable bonds is 7. The van der Waals surface area contributed by atoms with Crippen molar-refractivity contribution in [3.8, 4) is 12.3 Å². The standard InChI is InChI=1S/C24H24B2FN5/c1-5-14(3)24(13-25,32-15(4)28)19-10-18(11-20(27)21(19)26)31-23-22-17(7-8-29-23)9-16(6-2)12-30-22/h2,7-12,14H,5,13H2,1,3-4H3,(H2,28,32)(H,29,31)/t14-,24-/m0/s1. The van der Waals surface area contributed by atoms with E-state index in [9.17, 15) is 4.39 Å². The topological polar surface area (TPSA) is 76.2 Å². The van der Waals surface area contributed by atoms with Gasteiger partial charge in [0.05, 0.1) is 19.2 Å². The lowest BCUT2D eigenvalue weighted by Crippen LogP contribution is -2.39. The number of aromatic nitrogens is 2. The summed E-state index contributed by atoms with van der Waals surface area (Å²) in [5.41, 5.74) is 7.14. The van der Waals surface area contributed by atoms with Crippen molar-refractivity contribution >= 4 is 49.4 Å². The summed E-state index contributed by atoms with van der Waals surface area (Å²) >= 11 is 0. The molecule has 0 aliphatic heterocycles. The molecule has 8 heteroatoms. The Morgan fingerprint density at radius 3 is 2.75 bits per heavy atom. The fraction of sp³-hybridized carbons (Fsp3) is 0.292. The van der Waals surface area contributed by atoms with E-state index in [2.05, 4.69) is 26.2 Å². The number of hydrogen-bond acceptors (Lipinski definition) is 4. The van der Waals surface area contributed by atoms with Crippen molar-refractivity contribution in [1.29, 1.82) is 0 Å². The minimum absolute atomic E-state index is 0.00559. The first-order valence-electron chi connectivity index (χ1n) is 10.4. The Balaban J connectivity index is 2.16. The Kier molecular flexibility index (Phi) is 6.88. The minimum Gasteiger partial charge on any atom is -0.388 e. The largest absolute Gasteiger partial charge is 0.388 e. The van der Waals surface area contributed by atoms with E-state index in [1.165, 1.54) is 6.07 Å². The third-order valence-corrected chi connectivity index (χ3v) is 5.74. The number of aliphatic imine (C=N–C) groups is 1. The van der Waals surface area contributed by atoms with E-state index < -0.39 is 11.4 Å². The number of terminal acetylenes is 1. The summed E-state index contributed by atoms with van der Waals surface area (Å²) in [5.74, 6) is 2.74. The molecule has 0 unspecified atom stereocenters. The molecule has 0 spiro atoms. The van der Waals surface area contributed by atoms with Crippen LogP contribution in [0, 0.1) is 24.1 Å². The second kappa shape index (κ2) is 9.44. The molecule has 4 radical (unpaired) electrons. The number of nitrogens with one attached hydrogen (secondary N) is 1. The summed E-state index contributed by atoms with van der Waals surface area (Å²) in [5, 5.41) is 3.97. The maximum absolute atomic E-state index is 15.0. The minimum atomic E-state index is -0.970. The second-order valence-corrected chi connectivity index (χ2v) is 7.83. The first kappa shape index (κ1) is 23.3. The van der Waals surface area contributed by atoms with Crippen LogP contribution in [-0.2, 0) is 5.54 Å². The van der Waals surface area contributed by atoms with Gasteiger partial charge in [-0.25, -0.2) is 9.37 Å². The third kappa shape index (κ3) is 4.34.